The molecule has 1 heterocycles. The van der Waals surface area contributed by atoms with Crippen molar-refractivity contribution in [2.75, 3.05) is 0 Å². The zero-order chi connectivity index (χ0) is 15.9. The van der Waals surface area contributed by atoms with Crippen LogP contribution in [0.15, 0.2) is 29.4 Å². The van der Waals surface area contributed by atoms with E-state index in [9.17, 15) is 14.4 Å². The van der Waals surface area contributed by atoms with Gasteiger partial charge in [-0.1, -0.05) is 29.8 Å². The number of carbonyl (C=O) groups is 3. The number of amides is 4. The van der Waals surface area contributed by atoms with Gasteiger partial charge in [-0.15, -0.1) is 0 Å². The summed E-state index contributed by atoms with van der Waals surface area (Å²) in [7, 11) is 0. The van der Waals surface area contributed by atoms with Crippen LogP contribution in [0, 0.1) is 0 Å². The number of hydrazine groups is 1. The van der Waals surface area contributed by atoms with Gasteiger partial charge in [0.2, 0.25) is 11.8 Å². The van der Waals surface area contributed by atoms with Crippen molar-refractivity contribution in [3.63, 3.8) is 0 Å². The molecular weight excluding hydrogens is 310 g/mol. The van der Waals surface area contributed by atoms with Crippen LogP contribution in [0.3, 0.4) is 0 Å². The van der Waals surface area contributed by atoms with Gasteiger partial charge in [0.25, 0.3) is 0 Å². The summed E-state index contributed by atoms with van der Waals surface area (Å²) >= 11 is 5.94. The van der Waals surface area contributed by atoms with E-state index in [2.05, 4.69) is 26.7 Å². The predicted octanol–water partition coefficient (Wildman–Crippen LogP) is 0.283. The largest absolute Gasteiger partial charge is 0.335 e. The lowest BCUT2D eigenvalue weighted by molar-refractivity contribution is -0.124. The van der Waals surface area contributed by atoms with Crippen LogP contribution in [0.25, 0.3) is 0 Å². The van der Waals surface area contributed by atoms with E-state index < -0.39 is 18.0 Å². The Bertz CT molecular complexity index is 619. The van der Waals surface area contributed by atoms with Crippen LogP contribution in [0.4, 0.5) is 4.79 Å². The third kappa shape index (κ3) is 4.54. The Balaban J connectivity index is 1.75. The Labute approximate surface area is 131 Å². The number of imide groups is 1. The molecular formula is C13H14ClN5O3. The second-order valence-corrected chi connectivity index (χ2v) is 4.90. The van der Waals surface area contributed by atoms with E-state index in [0.29, 0.717) is 10.6 Å². The van der Waals surface area contributed by atoms with Crippen molar-refractivity contribution in [1.29, 1.82) is 0 Å². The standard InChI is InChI=1S/C13H14ClN5O3/c14-9-4-2-1-3-8(9)7-15-18-11(20)6-5-10-12(21)16-13(22)19-17-10/h1-4,7,10,17H,5-6H2,(H,18,20)(H2,16,19,21,22)/b15-7+. The maximum Gasteiger partial charge on any atom is 0.335 e. The minimum absolute atomic E-state index is 0.0703. The Morgan fingerprint density at radius 2 is 2.14 bits per heavy atom. The van der Waals surface area contributed by atoms with E-state index in [-0.39, 0.29) is 18.7 Å². The van der Waals surface area contributed by atoms with Gasteiger partial charge < -0.3 is 0 Å². The van der Waals surface area contributed by atoms with E-state index >= 15 is 0 Å². The summed E-state index contributed by atoms with van der Waals surface area (Å²) in [5.41, 5.74) is 7.80. The number of halogens is 1. The van der Waals surface area contributed by atoms with Crippen molar-refractivity contribution < 1.29 is 14.4 Å². The summed E-state index contributed by atoms with van der Waals surface area (Å²) < 4.78 is 0. The van der Waals surface area contributed by atoms with E-state index in [0.717, 1.165) is 0 Å². The summed E-state index contributed by atoms with van der Waals surface area (Å²) in [5.74, 6) is -0.828. The van der Waals surface area contributed by atoms with Crippen LogP contribution >= 0.6 is 11.6 Å². The number of urea groups is 1. The molecule has 1 aliphatic rings. The number of carbonyl (C=O) groups excluding carboxylic acids is 3. The Hall–Kier alpha value is -2.45. The van der Waals surface area contributed by atoms with Crippen molar-refractivity contribution in [2.24, 2.45) is 5.10 Å². The van der Waals surface area contributed by atoms with Gasteiger partial charge in [0.15, 0.2) is 0 Å². The first-order valence-electron chi connectivity index (χ1n) is 6.49. The lowest BCUT2D eigenvalue weighted by Crippen LogP contribution is -2.62. The van der Waals surface area contributed by atoms with Gasteiger partial charge in [0.05, 0.1) is 6.21 Å². The third-order valence-electron chi connectivity index (χ3n) is 2.87. The van der Waals surface area contributed by atoms with Crippen LogP contribution in [0.1, 0.15) is 18.4 Å². The van der Waals surface area contributed by atoms with E-state index in [1.54, 1.807) is 24.3 Å². The van der Waals surface area contributed by atoms with Crippen LogP contribution < -0.4 is 21.6 Å². The quantitative estimate of drug-likeness (QED) is 0.460. The molecule has 1 saturated heterocycles. The average Bonchev–Trinajstić information content (AvgIpc) is 2.48. The fourth-order valence-corrected chi connectivity index (χ4v) is 1.92. The average molecular weight is 324 g/mol. The SMILES string of the molecule is O=C(CCC1NNC(=O)NC1=O)N/N=C/c1ccccc1Cl. The summed E-state index contributed by atoms with van der Waals surface area (Å²) in [6, 6.07) is 5.80. The lowest BCUT2D eigenvalue weighted by atomic mass is 10.1. The maximum absolute atomic E-state index is 11.6. The molecule has 22 heavy (non-hydrogen) atoms. The second kappa shape index (κ2) is 7.53. The van der Waals surface area contributed by atoms with Crippen LogP contribution in [-0.4, -0.2) is 30.1 Å². The normalized spacial score (nSPS) is 18.0. The fourth-order valence-electron chi connectivity index (χ4n) is 1.74. The molecule has 1 atom stereocenters. The van der Waals surface area contributed by atoms with Gasteiger partial charge in [-0.2, -0.15) is 5.10 Å². The van der Waals surface area contributed by atoms with Crippen molar-refractivity contribution in [3.8, 4) is 0 Å². The monoisotopic (exact) mass is 323 g/mol. The number of hydrogen-bond donors (Lipinski definition) is 4. The minimum Gasteiger partial charge on any atom is -0.276 e. The zero-order valence-corrected chi connectivity index (χ0v) is 12.2. The van der Waals surface area contributed by atoms with Crippen molar-refractivity contribution in [3.05, 3.63) is 34.9 Å². The van der Waals surface area contributed by atoms with Crippen LogP contribution in [0.2, 0.25) is 5.02 Å². The first-order valence-corrected chi connectivity index (χ1v) is 6.87. The number of hydrazone groups is 1. The lowest BCUT2D eigenvalue weighted by Gasteiger charge is -2.22. The Kier molecular flexibility index (Phi) is 5.45. The topological polar surface area (TPSA) is 112 Å². The molecule has 116 valence electrons. The van der Waals surface area contributed by atoms with Gasteiger partial charge in [-0.25, -0.2) is 15.6 Å². The highest BCUT2D eigenvalue weighted by atomic mass is 35.5. The molecule has 1 aromatic carbocycles. The zero-order valence-electron chi connectivity index (χ0n) is 11.4. The van der Waals surface area contributed by atoms with Crippen LogP contribution in [-0.2, 0) is 9.59 Å². The number of hydrogen-bond acceptors (Lipinski definition) is 5. The smallest absolute Gasteiger partial charge is 0.276 e. The van der Waals surface area contributed by atoms with Crippen molar-refractivity contribution in [1.82, 2.24) is 21.6 Å². The molecule has 1 unspecified atom stereocenters. The molecule has 0 aromatic heterocycles. The predicted molar refractivity (Wildman–Crippen MR) is 80.0 cm³/mol. The van der Waals surface area contributed by atoms with Gasteiger partial charge in [-0.3, -0.25) is 20.3 Å². The second-order valence-electron chi connectivity index (χ2n) is 4.49. The first-order chi connectivity index (χ1) is 10.6. The Morgan fingerprint density at radius 3 is 2.86 bits per heavy atom. The molecule has 0 bridgehead atoms. The highest BCUT2D eigenvalue weighted by molar-refractivity contribution is 6.33. The molecule has 1 fully saturated rings. The molecule has 4 amide bonds. The van der Waals surface area contributed by atoms with Crippen molar-refractivity contribution >= 4 is 35.7 Å². The minimum atomic E-state index is -0.656. The van der Waals surface area contributed by atoms with E-state index in [1.165, 1.54) is 6.21 Å². The molecule has 8 nitrogen and oxygen atoms in total. The fraction of sp³-hybridized carbons (Fsp3) is 0.231. The first kappa shape index (κ1) is 15.9. The summed E-state index contributed by atoms with van der Waals surface area (Å²) in [5, 5.41) is 6.42. The molecule has 0 radical (unpaired) electrons. The van der Waals surface area contributed by atoms with Gasteiger partial charge >= 0.3 is 6.03 Å². The summed E-state index contributed by atoms with van der Waals surface area (Å²) in [6.45, 7) is 0. The molecule has 1 aliphatic heterocycles. The van der Waals surface area contributed by atoms with Gasteiger partial charge in [0, 0.05) is 17.0 Å². The number of benzene rings is 1. The van der Waals surface area contributed by atoms with Gasteiger partial charge in [-0.05, 0) is 12.5 Å². The van der Waals surface area contributed by atoms with E-state index in [1.807, 2.05) is 0 Å². The number of nitrogens with zero attached hydrogens (tertiary/aromatic N) is 1. The molecule has 9 heteroatoms. The maximum atomic E-state index is 11.6. The third-order valence-corrected chi connectivity index (χ3v) is 3.22. The summed E-state index contributed by atoms with van der Waals surface area (Å²) in [6.07, 6.45) is 1.73. The Morgan fingerprint density at radius 1 is 1.36 bits per heavy atom. The van der Waals surface area contributed by atoms with Crippen molar-refractivity contribution in [2.45, 2.75) is 18.9 Å². The molecule has 2 rings (SSSR count). The summed E-state index contributed by atoms with van der Waals surface area (Å²) in [4.78, 5) is 33.9. The molecule has 1 aromatic rings. The molecule has 0 saturated carbocycles. The van der Waals surface area contributed by atoms with Gasteiger partial charge in [0.1, 0.15) is 6.04 Å². The highest BCUT2D eigenvalue weighted by Crippen LogP contribution is 2.12. The van der Waals surface area contributed by atoms with Crippen LogP contribution in [0.5, 0.6) is 0 Å². The number of nitrogens with one attached hydrogen (secondary N) is 4. The molecule has 4 N–H and O–H groups in total. The van der Waals surface area contributed by atoms with E-state index in [4.69, 9.17) is 11.6 Å². The highest BCUT2D eigenvalue weighted by Gasteiger charge is 2.25. The molecule has 0 spiro atoms. The number of rotatable bonds is 5. The molecule has 0 aliphatic carbocycles.